The second-order valence-corrected chi connectivity index (χ2v) is 6.25. The number of amides is 1. The van der Waals surface area contributed by atoms with E-state index in [9.17, 15) is 4.79 Å². The highest BCUT2D eigenvalue weighted by atomic mass is 16.2. The highest BCUT2D eigenvalue weighted by molar-refractivity contribution is 5.83. The van der Waals surface area contributed by atoms with Crippen molar-refractivity contribution in [1.29, 1.82) is 0 Å². The summed E-state index contributed by atoms with van der Waals surface area (Å²) in [6.45, 7) is 4.15. The molecule has 0 saturated carbocycles. The van der Waals surface area contributed by atoms with Gasteiger partial charge >= 0.3 is 0 Å². The minimum Gasteiger partial charge on any atom is -0.344 e. The molecule has 2 rings (SSSR count). The van der Waals surface area contributed by atoms with Gasteiger partial charge in [-0.1, -0.05) is 43.7 Å². The highest BCUT2D eigenvalue weighted by Gasteiger charge is 2.27. The summed E-state index contributed by atoms with van der Waals surface area (Å²) in [7, 11) is 4.12. The van der Waals surface area contributed by atoms with Crippen LogP contribution in [0.15, 0.2) is 30.3 Å². The van der Waals surface area contributed by atoms with Gasteiger partial charge in [-0.2, -0.15) is 0 Å². The van der Waals surface area contributed by atoms with Crippen LogP contribution in [0.3, 0.4) is 0 Å². The number of hydrogen-bond acceptors (Lipinski definition) is 2. The van der Waals surface area contributed by atoms with Gasteiger partial charge in [0.2, 0.25) is 5.91 Å². The lowest BCUT2D eigenvalue weighted by Gasteiger charge is -2.29. The van der Waals surface area contributed by atoms with Gasteiger partial charge < -0.3 is 9.80 Å². The van der Waals surface area contributed by atoms with E-state index < -0.39 is 0 Å². The number of rotatable bonds is 6. The molecule has 0 N–H and O–H groups in total. The van der Waals surface area contributed by atoms with Gasteiger partial charge in [0, 0.05) is 19.6 Å². The monoisotopic (exact) mass is 288 g/mol. The summed E-state index contributed by atoms with van der Waals surface area (Å²) in [5, 5.41) is 0. The molecule has 1 aliphatic heterocycles. The molecule has 1 fully saturated rings. The largest absolute Gasteiger partial charge is 0.344 e. The summed E-state index contributed by atoms with van der Waals surface area (Å²) < 4.78 is 0. The van der Waals surface area contributed by atoms with Crippen molar-refractivity contribution in [2.24, 2.45) is 0 Å². The Hall–Kier alpha value is -1.35. The summed E-state index contributed by atoms with van der Waals surface area (Å²) in [6.07, 6.45) is 4.41. The van der Waals surface area contributed by atoms with Gasteiger partial charge in [0.25, 0.3) is 0 Å². The number of carbonyl (C=O) groups excluding carboxylic acids is 1. The molecule has 3 nitrogen and oxygen atoms in total. The van der Waals surface area contributed by atoms with Gasteiger partial charge in [-0.05, 0) is 38.4 Å². The zero-order chi connectivity index (χ0) is 15.2. The third kappa shape index (κ3) is 4.07. The van der Waals surface area contributed by atoms with Crippen molar-refractivity contribution in [2.45, 2.75) is 44.6 Å². The van der Waals surface area contributed by atoms with Crippen LogP contribution in [-0.2, 0) is 4.79 Å². The molecule has 116 valence electrons. The molecular formula is C18H28N2O. The number of likely N-dealkylation sites (tertiary alicyclic amines) is 1. The molecule has 0 radical (unpaired) electrons. The van der Waals surface area contributed by atoms with Crippen LogP contribution in [0.4, 0.5) is 0 Å². The molecule has 1 aliphatic rings. The third-order valence-corrected chi connectivity index (χ3v) is 4.61. The molecule has 0 spiro atoms. The lowest BCUT2D eigenvalue weighted by Crippen LogP contribution is -2.41. The fourth-order valence-corrected chi connectivity index (χ4v) is 3.29. The number of benzene rings is 1. The van der Waals surface area contributed by atoms with Crippen LogP contribution < -0.4 is 0 Å². The van der Waals surface area contributed by atoms with Crippen LogP contribution in [0.2, 0.25) is 0 Å². The molecule has 2 unspecified atom stereocenters. The molecule has 0 aromatic heterocycles. The number of carbonyl (C=O) groups is 1. The lowest BCUT2D eigenvalue weighted by atomic mass is 9.93. The third-order valence-electron chi connectivity index (χ3n) is 4.61. The number of nitrogens with zero attached hydrogens (tertiary/aromatic N) is 2. The maximum absolute atomic E-state index is 12.8. The Bertz CT molecular complexity index is 446. The average Bonchev–Trinajstić information content (AvgIpc) is 2.90. The van der Waals surface area contributed by atoms with Crippen molar-refractivity contribution in [2.75, 3.05) is 27.2 Å². The lowest BCUT2D eigenvalue weighted by molar-refractivity contribution is -0.132. The first kappa shape index (κ1) is 16.0. The van der Waals surface area contributed by atoms with E-state index in [1.807, 2.05) is 30.1 Å². The zero-order valence-electron chi connectivity index (χ0n) is 13.6. The molecule has 21 heavy (non-hydrogen) atoms. The van der Waals surface area contributed by atoms with Crippen LogP contribution in [0.5, 0.6) is 0 Å². The molecule has 1 aromatic carbocycles. The van der Waals surface area contributed by atoms with Gasteiger partial charge in [0.15, 0.2) is 0 Å². The minimum atomic E-state index is 0.00732. The van der Waals surface area contributed by atoms with E-state index in [-0.39, 0.29) is 11.8 Å². The Kier molecular flexibility index (Phi) is 5.80. The Morgan fingerprint density at radius 2 is 2.10 bits per heavy atom. The van der Waals surface area contributed by atoms with Gasteiger partial charge in [-0.3, -0.25) is 4.79 Å². The molecule has 0 aliphatic carbocycles. The summed E-state index contributed by atoms with van der Waals surface area (Å²) in [6, 6.07) is 10.7. The Balaban J connectivity index is 2.03. The standard InChI is InChI=1S/C18H28N2O/c1-4-9-17(15-10-6-5-7-11-15)18(21)20(3)14-16-12-8-13-19(16)2/h5-7,10-11,16-17H,4,8-9,12-14H2,1-3H3. The van der Waals surface area contributed by atoms with E-state index in [1.165, 1.54) is 12.8 Å². The van der Waals surface area contributed by atoms with Crippen LogP contribution in [0.1, 0.15) is 44.1 Å². The van der Waals surface area contributed by atoms with Crippen LogP contribution >= 0.6 is 0 Å². The van der Waals surface area contributed by atoms with E-state index in [2.05, 4.69) is 31.0 Å². The molecule has 1 heterocycles. The normalized spacial score (nSPS) is 20.4. The summed E-state index contributed by atoms with van der Waals surface area (Å²) in [4.78, 5) is 17.2. The summed E-state index contributed by atoms with van der Waals surface area (Å²) in [5.41, 5.74) is 1.15. The smallest absolute Gasteiger partial charge is 0.229 e. The maximum Gasteiger partial charge on any atom is 0.229 e. The topological polar surface area (TPSA) is 23.6 Å². The molecule has 1 saturated heterocycles. The van der Waals surface area contributed by atoms with Gasteiger partial charge in [-0.15, -0.1) is 0 Å². The minimum absolute atomic E-state index is 0.00732. The van der Waals surface area contributed by atoms with E-state index >= 15 is 0 Å². The molecular weight excluding hydrogens is 260 g/mol. The Labute approximate surface area is 128 Å². The quantitative estimate of drug-likeness (QED) is 0.803. The first-order chi connectivity index (χ1) is 10.1. The van der Waals surface area contributed by atoms with E-state index in [1.54, 1.807) is 0 Å². The van der Waals surface area contributed by atoms with E-state index in [4.69, 9.17) is 0 Å². The van der Waals surface area contributed by atoms with Crippen molar-refractivity contribution < 1.29 is 4.79 Å². The second-order valence-electron chi connectivity index (χ2n) is 6.25. The maximum atomic E-state index is 12.8. The predicted octanol–water partition coefficient (Wildman–Crippen LogP) is 3.12. The van der Waals surface area contributed by atoms with Gasteiger partial charge in [-0.25, -0.2) is 0 Å². The zero-order valence-corrected chi connectivity index (χ0v) is 13.6. The van der Waals surface area contributed by atoms with Gasteiger partial charge in [0.1, 0.15) is 0 Å². The number of likely N-dealkylation sites (N-methyl/N-ethyl adjacent to an activating group) is 2. The molecule has 1 aromatic rings. The molecule has 2 atom stereocenters. The van der Waals surface area contributed by atoms with E-state index in [0.29, 0.717) is 6.04 Å². The van der Waals surface area contributed by atoms with Crippen molar-refractivity contribution in [3.05, 3.63) is 35.9 Å². The van der Waals surface area contributed by atoms with Crippen LogP contribution in [0.25, 0.3) is 0 Å². The Morgan fingerprint density at radius 3 is 2.67 bits per heavy atom. The highest BCUT2D eigenvalue weighted by Crippen LogP contribution is 2.24. The second kappa shape index (κ2) is 7.60. The average molecular weight is 288 g/mol. The van der Waals surface area contributed by atoms with Crippen LogP contribution in [-0.4, -0.2) is 48.9 Å². The van der Waals surface area contributed by atoms with Crippen LogP contribution in [0, 0.1) is 0 Å². The van der Waals surface area contributed by atoms with E-state index in [0.717, 1.165) is 31.5 Å². The molecule has 3 heteroatoms. The van der Waals surface area contributed by atoms with Crippen molar-refractivity contribution in [1.82, 2.24) is 9.80 Å². The van der Waals surface area contributed by atoms with Gasteiger partial charge in [0.05, 0.1) is 5.92 Å². The van der Waals surface area contributed by atoms with Crippen molar-refractivity contribution in [3.63, 3.8) is 0 Å². The Morgan fingerprint density at radius 1 is 1.38 bits per heavy atom. The first-order valence-corrected chi connectivity index (χ1v) is 8.13. The van der Waals surface area contributed by atoms with Crippen molar-refractivity contribution >= 4 is 5.91 Å². The first-order valence-electron chi connectivity index (χ1n) is 8.13. The summed E-state index contributed by atoms with van der Waals surface area (Å²) >= 11 is 0. The predicted molar refractivity (Wildman–Crippen MR) is 87.4 cm³/mol. The molecule has 0 bridgehead atoms. The van der Waals surface area contributed by atoms with Crippen molar-refractivity contribution in [3.8, 4) is 0 Å². The summed E-state index contributed by atoms with van der Waals surface area (Å²) in [5.74, 6) is 0.274. The fourth-order valence-electron chi connectivity index (χ4n) is 3.29. The fraction of sp³-hybridized carbons (Fsp3) is 0.611. The number of hydrogen-bond donors (Lipinski definition) is 0. The SMILES string of the molecule is CCCC(C(=O)N(C)CC1CCCN1C)c1ccccc1. The molecule has 1 amide bonds.